The number of hydrogen-bond donors (Lipinski definition) is 1. The van der Waals surface area contributed by atoms with Gasteiger partial charge in [0.15, 0.2) is 5.78 Å². The van der Waals surface area contributed by atoms with Gasteiger partial charge in [-0.1, -0.05) is 12.1 Å². The third kappa shape index (κ3) is 8.88. The van der Waals surface area contributed by atoms with Crippen molar-refractivity contribution < 1.29 is 40.8 Å². The highest BCUT2D eigenvalue weighted by atomic mass is 19.4. The molecule has 42 heavy (non-hydrogen) atoms. The number of Topliss-reactive ketones (excluding diaryl/α,β-unsaturated/α-hetero) is 1. The summed E-state index contributed by atoms with van der Waals surface area (Å²) in [5.41, 5.74) is -2.16. The van der Waals surface area contributed by atoms with Gasteiger partial charge in [-0.3, -0.25) is 24.7 Å². The highest BCUT2D eigenvalue weighted by Gasteiger charge is 2.38. The smallest absolute Gasteiger partial charge is 0.382 e. The first-order chi connectivity index (χ1) is 19.8. The van der Waals surface area contributed by atoms with Gasteiger partial charge in [-0.15, -0.1) is 0 Å². The number of alkyl halides is 6. The van der Waals surface area contributed by atoms with Crippen LogP contribution in [0.5, 0.6) is 0 Å². The second kappa shape index (κ2) is 13.4. The zero-order chi connectivity index (χ0) is 30.5. The largest absolute Gasteiger partial charge is 0.423 e. The number of halogens is 6. The number of nitrogens with zero attached hydrogens (tertiary/aromatic N) is 3. The molecular weight excluding hydrogens is 570 g/mol. The van der Waals surface area contributed by atoms with Crippen LogP contribution in [0.25, 0.3) is 0 Å². The maximum Gasteiger partial charge on any atom is 0.423 e. The maximum absolute atomic E-state index is 13.3. The number of ether oxygens (including phenoxy) is 1. The number of piperidine rings is 2. The van der Waals surface area contributed by atoms with Gasteiger partial charge in [-0.25, -0.2) is 0 Å². The van der Waals surface area contributed by atoms with Crippen molar-refractivity contribution in [1.82, 2.24) is 9.80 Å². The standard InChI is InChI=1S/C28H32F6N4O4/c29-27(30,31)20-3-1-19(2-4-20)18-42-24-9-13-37(14-10-24)17-23(39)16-36-11-7-21(8-12-36)35-22-5-6-26(38(40)41)25(15-22)28(32,33)34/h1-6,15,21,24,35H,7-14,16-18H2. The van der Waals surface area contributed by atoms with Gasteiger partial charge in [0.2, 0.25) is 0 Å². The number of ketones is 1. The minimum Gasteiger partial charge on any atom is -0.382 e. The first-order valence-electron chi connectivity index (χ1n) is 13.6. The molecule has 2 aliphatic heterocycles. The molecule has 8 nitrogen and oxygen atoms in total. The Kier molecular flexibility index (Phi) is 10.1. The molecule has 4 rings (SSSR count). The number of hydrogen-bond acceptors (Lipinski definition) is 7. The summed E-state index contributed by atoms with van der Waals surface area (Å²) in [6.45, 7) is 3.31. The fourth-order valence-corrected chi connectivity index (χ4v) is 5.27. The molecule has 230 valence electrons. The minimum atomic E-state index is -4.85. The van der Waals surface area contributed by atoms with E-state index in [2.05, 4.69) is 10.2 Å². The lowest BCUT2D eigenvalue weighted by Gasteiger charge is -2.34. The minimum absolute atomic E-state index is 0.0341. The van der Waals surface area contributed by atoms with Crippen molar-refractivity contribution >= 4 is 17.2 Å². The zero-order valence-electron chi connectivity index (χ0n) is 22.7. The average molecular weight is 603 g/mol. The van der Waals surface area contributed by atoms with Crippen LogP contribution in [0, 0.1) is 10.1 Å². The summed E-state index contributed by atoms with van der Waals surface area (Å²) in [7, 11) is 0. The van der Waals surface area contributed by atoms with Crippen LogP contribution in [0.2, 0.25) is 0 Å². The molecule has 0 radical (unpaired) electrons. The van der Waals surface area contributed by atoms with E-state index in [9.17, 15) is 41.3 Å². The summed E-state index contributed by atoms with van der Waals surface area (Å²) >= 11 is 0. The predicted molar refractivity (Wildman–Crippen MR) is 142 cm³/mol. The number of carbonyl (C=O) groups is 1. The molecule has 1 N–H and O–H groups in total. The van der Waals surface area contributed by atoms with E-state index in [1.54, 1.807) is 0 Å². The van der Waals surface area contributed by atoms with Crippen molar-refractivity contribution in [2.24, 2.45) is 0 Å². The van der Waals surface area contributed by atoms with Gasteiger partial charge in [0.05, 0.1) is 36.3 Å². The van der Waals surface area contributed by atoms with E-state index in [1.807, 2.05) is 4.90 Å². The Morgan fingerprint density at radius 2 is 1.45 bits per heavy atom. The molecule has 0 aliphatic carbocycles. The number of nitro benzene ring substituents is 1. The van der Waals surface area contributed by atoms with E-state index < -0.39 is 34.1 Å². The molecule has 0 unspecified atom stereocenters. The molecule has 0 bridgehead atoms. The fraction of sp³-hybridized carbons (Fsp3) is 0.536. The first kappa shape index (κ1) is 31.7. The van der Waals surface area contributed by atoms with Crippen LogP contribution in [0.15, 0.2) is 42.5 Å². The van der Waals surface area contributed by atoms with Crippen molar-refractivity contribution in [3.05, 3.63) is 69.3 Å². The fourth-order valence-electron chi connectivity index (χ4n) is 5.27. The molecule has 0 atom stereocenters. The third-order valence-corrected chi connectivity index (χ3v) is 7.56. The van der Waals surface area contributed by atoms with Gasteiger partial charge in [0, 0.05) is 44.0 Å². The van der Waals surface area contributed by atoms with Crippen molar-refractivity contribution in [2.75, 3.05) is 44.6 Å². The van der Waals surface area contributed by atoms with E-state index >= 15 is 0 Å². The van der Waals surface area contributed by atoms with Gasteiger partial charge in [-0.2, -0.15) is 26.3 Å². The summed E-state index contributed by atoms with van der Waals surface area (Å²) in [5, 5.41) is 14.0. The second-order valence-electron chi connectivity index (χ2n) is 10.7. The number of carbonyl (C=O) groups excluding carboxylic acids is 1. The Labute approximate surface area is 238 Å². The lowest BCUT2D eigenvalue weighted by Crippen LogP contribution is -2.45. The number of anilines is 1. The molecule has 2 fully saturated rings. The molecule has 0 spiro atoms. The van der Waals surface area contributed by atoms with Gasteiger partial charge >= 0.3 is 12.4 Å². The van der Waals surface area contributed by atoms with Gasteiger partial charge < -0.3 is 10.1 Å². The first-order valence-corrected chi connectivity index (χ1v) is 13.6. The van der Waals surface area contributed by atoms with Crippen molar-refractivity contribution in [3.8, 4) is 0 Å². The van der Waals surface area contributed by atoms with Gasteiger partial charge in [0.25, 0.3) is 5.69 Å². The summed E-state index contributed by atoms with van der Waals surface area (Å²) < 4.78 is 83.8. The molecule has 0 saturated carbocycles. The molecule has 2 aromatic rings. The molecule has 2 aromatic carbocycles. The Balaban J connectivity index is 1.14. The van der Waals surface area contributed by atoms with Gasteiger partial charge in [-0.05, 0) is 55.5 Å². The Hall–Kier alpha value is -3.23. The normalized spacial score (nSPS) is 18.2. The molecular formula is C28H32F6N4O4. The highest BCUT2D eigenvalue weighted by Crippen LogP contribution is 2.38. The third-order valence-electron chi connectivity index (χ3n) is 7.56. The molecule has 14 heteroatoms. The van der Waals surface area contributed by atoms with Gasteiger partial charge in [0.1, 0.15) is 5.56 Å². The second-order valence-corrected chi connectivity index (χ2v) is 10.7. The topological polar surface area (TPSA) is 88.0 Å². The molecule has 2 aliphatic rings. The summed E-state index contributed by atoms with van der Waals surface area (Å²) in [5.74, 6) is 0.0655. The number of nitro groups is 1. The van der Waals surface area contributed by atoms with Crippen LogP contribution in [0.4, 0.5) is 37.7 Å². The zero-order valence-corrected chi connectivity index (χ0v) is 22.7. The van der Waals surface area contributed by atoms with E-state index in [4.69, 9.17) is 4.74 Å². The predicted octanol–water partition coefficient (Wildman–Crippen LogP) is 5.76. The van der Waals surface area contributed by atoms with Crippen LogP contribution in [-0.2, 0) is 28.5 Å². The lowest BCUT2D eigenvalue weighted by molar-refractivity contribution is -0.388. The Morgan fingerprint density at radius 3 is 1.98 bits per heavy atom. The van der Waals surface area contributed by atoms with Crippen molar-refractivity contribution in [2.45, 2.75) is 56.8 Å². The quantitative estimate of drug-likeness (QED) is 0.210. The molecule has 0 amide bonds. The lowest BCUT2D eigenvalue weighted by atomic mass is 10.0. The summed E-state index contributed by atoms with van der Waals surface area (Å²) in [4.78, 5) is 26.7. The molecule has 2 saturated heterocycles. The Morgan fingerprint density at radius 1 is 0.881 bits per heavy atom. The highest BCUT2D eigenvalue weighted by molar-refractivity contribution is 5.82. The number of rotatable bonds is 10. The van der Waals surface area contributed by atoms with Crippen LogP contribution in [-0.4, -0.2) is 71.9 Å². The van der Waals surface area contributed by atoms with Crippen LogP contribution in [0.3, 0.4) is 0 Å². The summed E-state index contributed by atoms with van der Waals surface area (Å²) in [6.07, 6.45) is -6.62. The maximum atomic E-state index is 13.3. The summed E-state index contributed by atoms with van der Waals surface area (Å²) in [6, 6.07) is 7.66. The number of benzene rings is 2. The van der Waals surface area contributed by atoms with Crippen LogP contribution in [0.1, 0.15) is 42.4 Å². The molecule has 0 aromatic heterocycles. The van der Waals surface area contributed by atoms with E-state index in [-0.39, 0.29) is 36.8 Å². The number of likely N-dealkylation sites (tertiary alicyclic amines) is 2. The van der Waals surface area contributed by atoms with E-state index in [1.165, 1.54) is 18.2 Å². The monoisotopic (exact) mass is 602 g/mol. The van der Waals surface area contributed by atoms with E-state index in [0.29, 0.717) is 64.0 Å². The average Bonchev–Trinajstić information content (AvgIpc) is 2.93. The Bertz CT molecular complexity index is 1220. The van der Waals surface area contributed by atoms with Crippen molar-refractivity contribution in [3.63, 3.8) is 0 Å². The van der Waals surface area contributed by atoms with E-state index in [0.717, 1.165) is 24.3 Å². The molecule has 2 heterocycles. The van der Waals surface area contributed by atoms with Crippen LogP contribution >= 0.6 is 0 Å². The van der Waals surface area contributed by atoms with Crippen molar-refractivity contribution in [1.29, 1.82) is 0 Å². The SMILES string of the molecule is O=C(CN1CCC(Nc2ccc([N+](=O)[O-])c(C(F)(F)F)c2)CC1)CN1CCC(OCc2ccc(C(F)(F)F)cc2)CC1. The number of nitrogens with one attached hydrogen (secondary N) is 1. The van der Waals surface area contributed by atoms with Crippen LogP contribution < -0.4 is 5.32 Å².